The van der Waals surface area contributed by atoms with Crippen LogP contribution in [0.25, 0.3) is 0 Å². The van der Waals surface area contributed by atoms with Crippen LogP contribution < -0.4 is 0 Å². The summed E-state index contributed by atoms with van der Waals surface area (Å²) in [6.07, 6.45) is 2.27. The summed E-state index contributed by atoms with van der Waals surface area (Å²) in [5.74, 6) is 11.5. The van der Waals surface area contributed by atoms with Crippen LogP contribution in [0.4, 0.5) is 0 Å². The molecule has 0 amide bonds. The maximum Gasteiger partial charge on any atom is 0.0596 e. The predicted octanol–water partition coefficient (Wildman–Crippen LogP) is 12.6. The summed E-state index contributed by atoms with van der Waals surface area (Å²) in [4.78, 5) is 0. The SMILES string of the molecule is CCC(C)C(C)C(C)C(C)C(C)C(C)C(C)C(C)C(C)C(C)C(C)C(C)C(C)C(O)C(C)C(C)C(C)C(C)C(C)CC. The first kappa shape index (κ1) is 42.0. The first-order chi connectivity index (χ1) is 19.2. The highest BCUT2D eigenvalue weighted by molar-refractivity contribution is 4.88. The van der Waals surface area contributed by atoms with Gasteiger partial charge in [0.15, 0.2) is 0 Å². The first-order valence-corrected chi connectivity index (χ1v) is 18.9. The Kier molecular flexibility index (Phi) is 18.8. The molecule has 0 saturated heterocycles. The molecule has 0 spiro atoms. The van der Waals surface area contributed by atoms with Crippen LogP contribution in [0, 0.1) is 107 Å². The van der Waals surface area contributed by atoms with Crippen LogP contribution in [0.3, 0.4) is 0 Å². The van der Waals surface area contributed by atoms with E-state index in [2.05, 4.69) is 138 Å². The largest absolute Gasteiger partial charge is 0.393 e. The minimum atomic E-state index is -0.245. The van der Waals surface area contributed by atoms with E-state index in [9.17, 15) is 5.11 Å². The Morgan fingerprint density at radius 1 is 0.262 bits per heavy atom. The Balaban J connectivity index is 5.43. The smallest absolute Gasteiger partial charge is 0.0596 e. The van der Waals surface area contributed by atoms with E-state index in [1.54, 1.807) is 0 Å². The van der Waals surface area contributed by atoms with E-state index in [4.69, 9.17) is 0 Å². The standard InChI is InChI=1S/C41H84O/c1-21-23(3)25(5)27(7)29(9)30(10)31(11)32(12)33(13)34(14)35(15)36(16)38(18)40(20)41(42)39(19)37(17)28(8)26(6)24(4)22-2/h23-42H,21-22H2,1-20H3. The Morgan fingerprint density at radius 2 is 0.405 bits per heavy atom. The average Bonchev–Trinajstić information content (AvgIpc) is 3.00. The monoisotopic (exact) mass is 593 g/mol. The van der Waals surface area contributed by atoms with Gasteiger partial charge in [-0.1, -0.05) is 151 Å². The minimum absolute atomic E-state index is 0.245. The van der Waals surface area contributed by atoms with Crippen LogP contribution in [-0.4, -0.2) is 11.2 Å². The van der Waals surface area contributed by atoms with Crippen molar-refractivity contribution in [3.05, 3.63) is 0 Å². The third kappa shape index (κ3) is 10.5. The first-order valence-electron chi connectivity index (χ1n) is 18.9. The third-order valence-electron chi connectivity index (χ3n) is 15.8. The minimum Gasteiger partial charge on any atom is -0.393 e. The van der Waals surface area contributed by atoms with Gasteiger partial charge < -0.3 is 5.11 Å². The summed E-state index contributed by atoms with van der Waals surface area (Å²) in [5.41, 5.74) is 0. The molecule has 0 radical (unpaired) electrons. The van der Waals surface area contributed by atoms with E-state index in [0.29, 0.717) is 71.0 Å². The number of rotatable bonds is 20. The van der Waals surface area contributed by atoms with Crippen LogP contribution >= 0.6 is 0 Å². The van der Waals surface area contributed by atoms with Crippen molar-refractivity contribution in [3.63, 3.8) is 0 Å². The molecule has 0 aliphatic heterocycles. The Labute approximate surface area is 268 Å². The summed E-state index contributed by atoms with van der Waals surface area (Å²) in [6, 6.07) is 0. The molecule has 42 heavy (non-hydrogen) atoms. The molecule has 1 nitrogen and oxygen atoms in total. The van der Waals surface area contributed by atoms with Crippen molar-refractivity contribution < 1.29 is 5.11 Å². The molecule has 0 aromatic rings. The van der Waals surface area contributed by atoms with Crippen LogP contribution in [0.1, 0.15) is 151 Å². The van der Waals surface area contributed by atoms with E-state index in [0.717, 1.165) is 35.5 Å². The molecule has 0 aromatic carbocycles. The Morgan fingerprint density at radius 3 is 0.571 bits per heavy atom. The van der Waals surface area contributed by atoms with Crippen molar-refractivity contribution in [2.45, 2.75) is 157 Å². The highest BCUT2D eigenvalue weighted by Crippen LogP contribution is 2.44. The molecule has 0 heterocycles. The zero-order chi connectivity index (χ0) is 33.4. The summed E-state index contributed by atoms with van der Waals surface area (Å²) >= 11 is 0. The zero-order valence-corrected chi connectivity index (χ0v) is 32.8. The van der Waals surface area contributed by atoms with Gasteiger partial charge in [-0.3, -0.25) is 0 Å². The summed E-state index contributed by atoms with van der Waals surface area (Å²) in [6.45, 7) is 48.9. The van der Waals surface area contributed by atoms with E-state index in [-0.39, 0.29) is 6.10 Å². The van der Waals surface area contributed by atoms with Gasteiger partial charge in [0.25, 0.3) is 0 Å². The molecule has 19 atom stereocenters. The van der Waals surface area contributed by atoms with Crippen LogP contribution in [0.15, 0.2) is 0 Å². The molecule has 19 unspecified atom stereocenters. The summed E-state index contributed by atoms with van der Waals surface area (Å²) in [7, 11) is 0. The zero-order valence-electron chi connectivity index (χ0n) is 32.8. The van der Waals surface area contributed by atoms with Gasteiger partial charge in [-0.05, 0) is 107 Å². The summed E-state index contributed by atoms with van der Waals surface area (Å²) in [5, 5.41) is 11.6. The van der Waals surface area contributed by atoms with Gasteiger partial charge in [0, 0.05) is 0 Å². The molecule has 0 aromatic heterocycles. The van der Waals surface area contributed by atoms with Crippen LogP contribution in [0.2, 0.25) is 0 Å². The maximum atomic E-state index is 11.6. The quantitative estimate of drug-likeness (QED) is 0.149. The van der Waals surface area contributed by atoms with Gasteiger partial charge in [0.1, 0.15) is 0 Å². The van der Waals surface area contributed by atoms with Crippen molar-refractivity contribution in [2.75, 3.05) is 0 Å². The number of aliphatic hydroxyl groups excluding tert-OH is 1. The molecular formula is C41H84O. The van der Waals surface area contributed by atoms with Crippen molar-refractivity contribution in [2.24, 2.45) is 107 Å². The second-order valence-corrected chi connectivity index (χ2v) is 17.0. The topological polar surface area (TPSA) is 20.2 Å². The molecule has 0 fully saturated rings. The van der Waals surface area contributed by atoms with Crippen molar-refractivity contribution in [1.82, 2.24) is 0 Å². The maximum absolute atomic E-state index is 11.6. The molecule has 1 heteroatoms. The lowest BCUT2D eigenvalue weighted by Crippen LogP contribution is -2.40. The Hall–Kier alpha value is -0.0400. The van der Waals surface area contributed by atoms with Gasteiger partial charge in [-0.2, -0.15) is 0 Å². The van der Waals surface area contributed by atoms with Gasteiger partial charge in [0.2, 0.25) is 0 Å². The number of hydrogen-bond acceptors (Lipinski definition) is 1. The third-order valence-corrected chi connectivity index (χ3v) is 15.8. The highest BCUT2D eigenvalue weighted by atomic mass is 16.3. The number of hydrogen-bond donors (Lipinski definition) is 1. The average molecular weight is 593 g/mol. The van der Waals surface area contributed by atoms with E-state index in [1.807, 2.05) is 0 Å². The Bertz CT molecular complexity index is 643. The molecule has 0 aliphatic carbocycles. The van der Waals surface area contributed by atoms with Gasteiger partial charge in [-0.25, -0.2) is 0 Å². The number of aliphatic hydroxyl groups is 1. The van der Waals surface area contributed by atoms with Gasteiger partial charge >= 0.3 is 0 Å². The normalized spacial score (nSPS) is 26.5. The fourth-order valence-corrected chi connectivity index (χ4v) is 8.63. The van der Waals surface area contributed by atoms with Crippen LogP contribution in [-0.2, 0) is 0 Å². The van der Waals surface area contributed by atoms with Gasteiger partial charge in [-0.15, -0.1) is 0 Å². The molecule has 254 valence electrons. The molecule has 0 aliphatic rings. The van der Waals surface area contributed by atoms with E-state index in [1.165, 1.54) is 12.8 Å². The predicted molar refractivity (Wildman–Crippen MR) is 192 cm³/mol. The van der Waals surface area contributed by atoms with Crippen molar-refractivity contribution in [1.29, 1.82) is 0 Å². The van der Waals surface area contributed by atoms with Crippen molar-refractivity contribution in [3.8, 4) is 0 Å². The lowest BCUT2D eigenvalue weighted by atomic mass is 9.62. The molecule has 0 saturated carbocycles. The lowest BCUT2D eigenvalue weighted by molar-refractivity contribution is -0.0175. The molecular weight excluding hydrogens is 508 g/mol. The molecule has 0 bridgehead atoms. The van der Waals surface area contributed by atoms with E-state index >= 15 is 0 Å². The van der Waals surface area contributed by atoms with Crippen molar-refractivity contribution >= 4 is 0 Å². The second-order valence-electron chi connectivity index (χ2n) is 17.0. The molecule has 0 rings (SSSR count). The molecule has 1 N–H and O–H groups in total. The van der Waals surface area contributed by atoms with Gasteiger partial charge in [0.05, 0.1) is 6.10 Å². The second kappa shape index (κ2) is 18.8. The fraction of sp³-hybridized carbons (Fsp3) is 1.00. The van der Waals surface area contributed by atoms with Crippen LogP contribution in [0.5, 0.6) is 0 Å². The highest BCUT2D eigenvalue weighted by Gasteiger charge is 2.39. The lowest BCUT2D eigenvalue weighted by Gasteiger charge is -2.43. The summed E-state index contributed by atoms with van der Waals surface area (Å²) < 4.78 is 0. The van der Waals surface area contributed by atoms with E-state index < -0.39 is 0 Å². The fourth-order valence-electron chi connectivity index (χ4n) is 8.63.